The van der Waals surface area contributed by atoms with Crippen LogP contribution < -0.4 is 0 Å². The molecule has 0 atom stereocenters. The van der Waals surface area contributed by atoms with Gasteiger partial charge >= 0.3 is 0 Å². The fraction of sp³-hybridized carbons (Fsp3) is 0.240. The molecule has 3 heterocycles. The van der Waals surface area contributed by atoms with E-state index in [1.165, 1.54) is 18.2 Å². The molecule has 2 aromatic heterocycles. The van der Waals surface area contributed by atoms with Crippen molar-refractivity contribution < 1.29 is 9.21 Å². The summed E-state index contributed by atoms with van der Waals surface area (Å²) >= 11 is 7.50. The van der Waals surface area contributed by atoms with E-state index >= 15 is 0 Å². The van der Waals surface area contributed by atoms with Crippen LogP contribution in [0.2, 0.25) is 5.02 Å². The van der Waals surface area contributed by atoms with E-state index in [1.807, 2.05) is 59.5 Å². The molecule has 0 unspecified atom stereocenters. The van der Waals surface area contributed by atoms with Crippen LogP contribution in [0.1, 0.15) is 37.9 Å². The number of rotatable bonds is 4. The molecule has 3 aromatic rings. The third-order valence-electron chi connectivity index (χ3n) is 5.66. The van der Waals surface area contributed by atoms with Gasteiger partial charge in [-0.2, -0.15) is 0 Å². The molecule has 1 saturated carbocycles. The number of carbonyl (C=O) groups excluding carboxylic acids is 1. The van der Waals surface area contributed by atoms with Gasteiger partial charge in [0, 0.05) is 28.9 Å². The van der Waals surface area contributed by atoms with Crippen LogP contribution in [0.3, 0.4) is 0 Å². The van der Waals surface area contributed by atoms with Crippen molar-refractivity contribution >= 4 is 46.2 Å². The van der Waals surface area contributed by atoms with Crippen LogP contribution in [0, 0.1) is 0 Å². The summed E-state index contributed by atoms with van der Waals surface area (Å²) in [6.45, 7) is 0. The van der Waals surface area contributed by atoms with Crippen LogP contribution >= 0.6 is 23.4 Å². The lowest BCUT2D eigenvalue weighted by molar-refractivity contribution is -0.124. The highest BCUT2D eigenvalue weighted by Gasteiger charge is 2.38. The van der Waals surface area contributed by atoms with Crippen molar-refractivity contribution in [3.8, 4) is 11.3 Å². The lowest BCUT2D eigenvalue weighted by Crippen LogP contribution is -2.40. The minimum atomic E-state index is -0.00903. The molecule has 1 aliphatic carbocycles. The first kappa shape index (κ1) is 21.0. The molecular weight excluding hydrogens is 442 g/mol. The van der Waals surface area contributed by atoms with E-state index in [1.54, 1.807) is 12.4 Å². The van der Waals surface area contributed by atoms with Crippen LogP contribution in [-0.2, 0) is 4.79 Å². The molecule has 2 fully saturated rings. The Labute approximate surface area is 196 Å². The highest BCUT2D eigenvalue weighted by Crippen LogP contribution is 2.39. The van der Waals surface area contributed by atoms with Gasteiger partial charge in [-0.1, -0.05) is 43.0 Å². The van der Waals surface area contributed by atoms with E-state index in [2.05, 4.69) is 4.98 Å². The molecule has 0 bridgehead atoms. The van der Waals surface area contributed by atoms with E-state index in [0.29, 0.717) is 26.6 Å². The molecule has 0 radical (unpaired) electrons. The van der Waals surface area contributed by atoms with Gasteiger partial charge in [0.25, 0.3) is 5.91 Å². The molecule has 5 nitrogen and oxygen atoms in total. The third kappa shape index (κ3) is 4.52. The number of furan rings is 1. The van der Waals surface area contributed by atoms with Crippen molar-refractivity contribution in [3.05, 3.63) is 76.6 Å². The molecule has 162 valence electrons. The molecule has 32 heavy (non-hydrogen) atoms. The molecule has 1 amide bonds. The standard InChI is InChI=1S/C25H22ClN3O2S/c26-18-7-4-6-17(14-18)22-12-11-21(31-22)15-23-24(30)29(20-9-2-1-3-10-20)25(32-23)28-19-8-5-13-27-16-19/h4-8,11-16,20H,1-3,9-10H2/b23-15+,28-25?. The van der Waals surface area contributed by atoms with Gasteiger partial charge < -0.3 is 4.42 Å². The summed E-state index contributed by atoms with van der Waals surface area (Å²) in [6, 6.07) is 15.2. The summed E-state index contributed by atoms with van der Waals surface area (Å²) in [6.07, 6.45) is 10.7. The van der Waals surface area contributed by atoms with E-state index in [0.717, 1.165) is 36.9 Å². The number of thioether (sulfide) groups is 1. The van der Waals surface area contributed by atoms with Gasteiger partial charge in [-0.25, -0.2) is 4.99 Å². The number of pyridine rings is 1. The van der Waals surface area contributed by atoms with Gasteiger partial charge in [-0.05, 0) is 61.0 Å². The van der Waals surface area contributed by atoms with Crippen molar-refractivity contribution in [2.24, 2.45) is 4.99 Å². The van der Waals surface area contributed by atoms with E-state index < -0.39 is 0 Å². The molecule has 0 spiro atoms. The number of halogens is 1. The molecule has 5 rings (SSSR count). The molecule has 1 aromatic carbocycles. The number of hydrogen-bond donors (Lipinski definition) is 0. The van der Waals surface area contributed by atoms with Gasteiger partial charge in [0.15, 0.2) is 5.17 Å². The van der Waals surface area contributed by atoms with Crippen LogP contribution in [0.15, 0.2) is 75.2 Å². The molecule has 1 saturated heterocycles. The number of benzene rings is 1. The van der Waals surface area contributed by atoms with E-state index in [4.69, 9.17) is 21.0 Å². The zero-order chi connectivity index (χ0) is 21.9. The predicted octanol–water partition coefficient (Wildman–Crippen LogP) is 6.93. The van der Waals surface area contributed by atoms with Gasteiger partial charge in [-0.3, -0.25) is 14.7 Å². The SMILES string of the molecule is O=C1/C(=C\c2ccc(-c3cccc(Cl)c3)o2)SC(=Nc2cccnc2)N1C1CCCCC1. The minimum Gasteiger partial charge on any atom is -0.457 e. The molecule has 7 heteroatoms. The molecule has 1 aliphatic heterocycles. The average Bonchev–Trinajstić information content (AvgIpc) is 3.40. The van der Waals surface area contributed by atoms with Gasteiger partial charge in [-0.15, -0.1) is 0 Å². The molecular formula is C25H22ClN3O2S. The Kier molecular flexibility index (Phi) is 6.14. The predicted molar refractivity (Wildman–Crippen MR) is 130 cm³/mol. The third-order valence-corrected chi connectivity index (χ3v) is 6.87. The summed E-state index contributed by atoms with van der Waals surface area (Å²) in [5.41, 5.74) is 1.64. The van der Waals surface area contributed by atoms with Crippen molar-refractivity contribution in [1.82, 2.24) is 9.88 Å². The van der Waals surface area contributed by atoms with Crippen LogP contribution in [0.4, 0.5) is 5.69 Å². The van der Waals surface area contributed by atoms with Crippen molar-refractivity contribution in [3.63, 3.8) is 0 Å². The first-order chi connectivity index (χ1) is 15.7. The highest BCUT2D eigenvalue weighted by molar-refractivity contribution is 8.18. The first-order valence-electron chi connectivity index (χ1n) is 10.7. The second-order valence-corrected chi connectivity index (χ2v) is 9.34. The summed E-state index contributed by atoms with van der Waals surface area (Å²) in [4.78, 5) is 24.8. The van der Waals surface area contributed by atoms with Crippen LogP contribution in [-0.4, -0.2) is 27.0 Å². The lowest BCUT2D eigenvalue weighted by atomic mass is 9.94. The number of carbonyl (C=O) groups is 1. The maximum Gasteiger partial charge on any atom is 0.267 e. The van der Waals surface area contributed by atoms with Crippen molar-refractivity contribution in [2.75, 3.05) is 0 Å². The Morgan fingerprint density at radius 3 is 2.78 bits per heavy atom. The van der Waals surface area contributed by atoms with Gasteiger partial charge in [0.2, 0.25) is 0 Å². The Balaban J connectivity index is 1.46. The topological polar surface area (TPSA) is 58.7 Å². The largest absolute Gasteiger partial charge is 0.457 e. The maximum absolute atomic E-state index is 13.4. The Morgan fingerprint density at radius 2 is 2.00 bits per heavy atom. The van der Waals surface area contributed by atoms with Crippen molar-refractivity contribution in [2.45, 2.75) is 38.1 Å². The number of nitrogens with zero attached hydrogens (tertiary/aromatic N) is 3. The average molecular weight is 464 g/mol. The quantitative estimate of drug-likeness (QED) is 0.393. The Morgan fingerprint density at radius 1 is 1.12 bits per heavy atom. The Hall–Kier alpha value is -2.83. The van der Waals surface area contributed by atoms with Gasteiger partial charge in [0.1, 0.15) is 11.5 Å². The van der Waals surface area contributed by atoms with E-state index in [-0.39, 0.29) is 11.9 Å². The minimum absolute atomic E-state index is 0.00903. The summed E-state index contributed by atoms with van der Waals surface area (Å²) in [5.74, 6) is 1.33. The van der Waals surface area contributed by atoms with E-state index in [9.17, 15) is 4.79 Å². The smallest absolute Gasteiger partial charge is 0.267 e. The monoisotopic (exact) mass is 463 g/mol. The fourth-order valence-corrected chi connectivity index (χ4v) is 5.34. The second kappa shape index (κ2) is 9.35. The Bertz CT molecular complexity index is 1180. The van der Waals surface area contributed by atoms with Crippen LogP contribution in [0.25, 0.3) is 17.4 Å². The van der Waals surface area contributed by atoms with Crippen molar-refractivity contribution in [1.29, 1.82) is 0 Å². The number of aliphatic imine (C=N–C) groups is 1. The second-order valence-electron chi connectivity index (χ2n) is 7.90. The lowest BCUT2D eigenvalue weighted by Gasteiger charge is -2.30. The zero-order valence-electron chi connectivity index (χ0n) is 17.4. The summed E-state index contributed by atoms with van der Waals surface area (Å²) < 4.78 is 6.00. The molecule has 0 N–H and O–H groups in total. The summed E-state index contributed by atoms with van der Waals surface area (Å²) in [7, 11) is 0. The number of amidine groups is 1. The van der Waals surface area contributed by atoms with Gasteiger partial charge in [0.05, 0.1) is 16.8 Å². The maximum atomic E-state index is 13.4. The number of amides is 1. The number of aromatic nitrogens is 1. The highest BCUT2D eigenvalue weighted by atomic mass is 35.5. The zero-order valence-corrected chi connectivity index (χ0v) is 19.0. The normalized spacial score (nSPS) is 19.9. The van der Waals surface area contributed by atoms with Crippen LogP contribution in [0.5, 0.6) is 0 Å². The number of hydrogen-bond acceptors (Lipinski definition) is 5. The fourth-order valence-electron chi connectivity index (χ4n) is 4.11. The summed E-state index contributed by atoms with van der Waals surface area (Å²) in [5, 5.41) is 1.36. The molecule has 2 aliphatic rings. The first-order valence-corrected chi connectivity index (χ1v) is 11.9.